The highest BCUT2D eigenvalue weighted by Gasteiger charge is 2.42. The van der Waals surface area contributed by atoms with Gasteiger partial charge in [-0.1, -0.05) is 62.4 Å². The van der Waals surface area contributed by atoms with Gasteiger partial charge in [0.2, 0.25) is 0 Å². The first kappa shape index (κ1) is 25.2. The molecule has 1 aliphatic carbocycles. The monoisotopic (exact) mass is 468 g/mol. The van der Waals surface area contributed by atoms with Gasteiger partial charge in [-0.15, -0.1) is 0 Å². The van der Waals surface area contributed by atoms with Crippen molar-refractivity contribution in [1.82, 2.24) is 10.2 Å². The van der Waals surface area contributed by atoms with Gasteiger partial charge in [-0.25, -0.2) is 4.79 Å². The number of nitrogens with zero attached hydrogens (tertiary/aromatic N) is 1. The van der Waals surface area contributed by atoms with Crippen molar-refractivity contribution in [2.24, 2.45) is 5.92 Å². The maximum Gasteiger partial charge on any atom is 0.408 e. The van der Waals surface area contributed by atoms with Gasteiger partial charge in [0.05, 0.1) is 12.5 Å². The number of carbonyl (C=O) groups is 3. The highest BCUT2D eigenvalue weighted by atomic mass is 16.5. The van der Waals surface area contributed by atoms with Gasteiger partial charge < -0.3 is 24.8 Å². The third-order valence-corrected chi connectivity index (χ3v) is 6.40. The zero-order chi connectivity index (χ0) is 24.9. The Labute approximate surface area is 199 Å². The number of carboxylic acid groups (broad SMARTS) is 1. The second-order valence-corrected chi connectivity index (χ2v) is 8.74. The molecule has 1 aliphatic rings. The second kappa shape index (κ2) is 10.7. The van der Waals surface area contributed by atoms with Crippen LogP contribution < -0.4 is 5.32 Å². The van der Waals surface area contributed by atoms with Crippen LogP contribution in [-0.4, -0.2) is 67.4 Å². The quantitative estimate of drug-likeness (QED) is 0.553. The third-order valence-electron chi connectivity index (χ3n) is 6.40. The molecule has 0 saturated heterocycles. The summed E-state index contributed by atoms with van der Waals surface area (Å²) in [7, 11) is 2.96. The van der Waals surface area contributed by atoms with Crippen LogP contribution in [0, 0.1) is 5.92 Å². The lowest BCUT2D eigenvalue weighted by molar-refractivity contribution is -0.145. The van der Waals surface area contributed by atoms with Crippen LogP contribution in [0.3, 0.4) is 0 Å². The number of amides is 2. The molecule has 0 heterocycles. The average Bonchev–Trinajstić information content (AvgIpc) is 3.15. The molecule has 182 valence electrons. The zero-order valence-electron chi connectivity index (χ0n) is 20.0. The SMILES string of the molecule is CCC(COC)(NC(=O)OCC1c2ccccc2-c2ccccc21)C(=O)N(C)CC(C)C(=O)O. The number of fused-ring (bicyclic) bond motifs is 3. The third kappa shape index (κ3) is 5.07. The fourth-order valence-corrected chi connectivity index (χ4v) is 4.51. The Morgan fingerprint density at radius 3 is 2.15 bits per heavy atom. The number of benzene rings is 2. The molecule has 0 radical (unpaired) electrons. The van der Waals surface area contributed by atoms with E-state index < -0.39 is 29.4 Å². The van der Waals surface area contributed by atoms with Crippen LogP contribution in [0.4, 0.5) is 4.79 Å². The number of hydrogen-bond acceptors (Lipinski definition) is 5. The van der Waals surface area contributed by atoms with E-state index in [9.17, 15) is 19.5 Å². The Bertz CT molecular complexity index is 1010. The molecular formula is C26H32N2O6. The average molecular weight is 469 g/mol. The summed E-state index contributed by atoms with van der Waals surface area (Å²) < 4.78 is 10.9. The molecule has 0 spiro atoms. The number of aliphatic carboxylic acids is 1. The molecule has 8 heteroatoms. The van der Waals surface area contributed by atoms with Crippen molar-refractivity contribution in [2.75, 3.05) is 33.9 Å². The number of rotatable bonds is 10. The first-order valence-electron chi connectivity index (χ1n) is 11.3. The Hall–Kier alpha value is -3.39. The summed E-state index contributed by atoms with van der Waals surface area (Å²) in [6.07, 6.45) is -0.482. The van der Waals surface area contributed by atoms with Gasteiger partial charge in [0.15, 0.2) is 0 Å². The standard InChI is InChI=1S/C26H32N2O6/c1-5-26(16-33-4,24(31)28(3)14-17(2)23(29)30)27-25(32)34-15-22-20-12-8-6-10-18(20)19-11-7-9-13-21(19)22/h6-13,17,22H,5,14-16H2,1-4H3,(H,27,32)(H,29,30). The molecule has 2 unspecified atom stereocenters. The van der Waals surface area contributed by atoms with E-state index in [0.717, 1.165) is 22.3 Å². The minimum Gasteiger partial charge on any atom is -0.481 e. The largest absolute Gasteiger partial charge is 0.481 e. The smallest absolute Gasteiger partial charge is 0.408 e. The van der Waals surface area contributed by atoms with E-state index in [1.54, 1.807) is 6.92 Å². The molecule has 0 saturated carbocycles. The summed E-state index contributed by atoms with van der Waals surface area (Å²) in [6, 6.07) is 16.1. The summed E-state index contributed by atoms with van der Waals surface area (Å²) in [4.78, 5) is 38.7. The Morgan fingerprint density at radius 1 is 1.09 bits per heavy atom. The van der Waals surface area contributed by atoms with Crippen LogP contribution in [0.2, 0.25) is 0 Å². The van der Waals surface area contributed by atoms with Gasteiger partial charge in [-0.2, -0.15) is 0 Å². The lowest BCUT2D eigenvalue weighted by Gasteiger charge is -2.35. The first-order chi connectivity index (χ1) is 16.2. The predicted octanol–water partition coefficient (Wildman–Crippen LogP) is 3.50. The lowest BCUT2D eigenvalue weighted by atomic mass is 9.94. The van der Waals surface area contributed by atoms with E-state index in [1.165, 1.54) is 26.0 Å². The molecule has 34 heavy (non-hydrogen) atoms. The number of likely N-dealkylation sites (N-methyl/N-ethyl adjacent to an activating group) is 1. The van der Waals surface area contributed by atoms with Gasteiger partial charge in [-0.3, -0.25) is 9.59 Å². The maximum atomic E-state index is 13.3. The van der Waals surface area contributed by atoms with Crippen molar-refractivity contribution >= 4 is 18.0 Å². The van der Waals surface area contributed by atoms with Crippen LogP contribution in [-0.2, 0) is 19.1 Å². The number of carbonyl (C=O) groups excluding carboxylic acids is 2. The van der Waals surface area contributed by atoms with E-state index in [0.29, 0.717) is 0 Å². The number of nitrogens with one attached hydrogen (secondary N) is 1. The molecule has 0 bridgehead atoms. The van der Waals surface area contributed by atoms with Crippen molar-refractivity contribution in [2.45, 2.75) is 31.7 Å². The molecule has 2 aromatic rings. The van der Waals surface area contributed by atoms with Crippen LogP contribution in [0.15, 0.2) is 48.5 Å². The molecule has 2 amide bonds. The van der Waals surface area contributed by atoms with E-state index in [1.807, 2.05) is 36.4 Å². The lowest BCUT2D eigenvalue weighted by Crippen LogP contribution is -2.62. The fraction of sp³-hybridized carbons (Fsp3) is 0.423. The Morgan fingerprint density at radius 2 is 1.65 bits per heavy atom. The molecule has 8 nitrogen and oxygen atoms in total. The van der Waals surface area contributed by atoms with E-state index in [2.05, 4.69) is 17.4 Å². The van der Waals surface area contributed by atoms with Gasteiger partial charge in [0.1, 0.15) is 12.1 Å². The number of carboxylic acids is 1. The van der Waals surface area contributed by atoms with Gasteiger partial charge >= 0.3 is 12.1 Å². The Balaban J connectivity index is 1.73. The summed E-state index contributed by atoms with van der Waals surface area (Å²) in [5, 5.41) is 11.9. The van der Waals surface area contributed by atoms with Crippen LogP contribution >= 0.6 is 0 Å². The van der Waals surface area contributed by atoms with Crippen molar-refractivity contribution in [3.05, 3.63) is 59.7 Å². The minimum absolute atomic E-state index is 0.00595. The molecule has 2 N–H and O–H groups in total. The van der Waals surface area contributed by atoms with Crippen molar-refractivity contribution in [3.63, 3.8) is 0 Å². The first-order valence-corrected chi connectivity index (χ1v) is 11.3. The van der Waals surface area contributed by atoms with Gasteiger partial charge in [0, 0.05) is 26.6 Å². The number of methoxy groups -OCH3 is 1. The topological polar surface area (TPSA) is 105 Å². The van der Waals surface area contributed by atoms with Crippen molar-refractivity contribution in [1.29, 1.82) is 0 Å². The normalized spacial score (nSPS) is 14.9. The molecular weight excluding hydrogens is 436 g/mol. The molecule has 0 aromatic heterocycles. The maximum absolute atomic E-state index is 13.3. The highest BCUT2D eigenvalue weighted by Crippen LogP contribution is 2.44. The Kier molecular flexibility index (Phi) is 7.94. The summed E-state index contributed by atoms with van der Waals surface area (Å²) >= 11 is 0. The highest BCUT2D eigenvalue weighted by molar-refractivity contribution is 5.90. The molecule has 2 atom stereocenters. The number of hydrogen-bond donors (Lipinski definition) is 2. The summed E-state index contributed by atoms with van der Waals surface area (Å²) in [5.74, 6) is -2.29. The van der Waals surface area contributed by atoms with E-state index in [4.69, 9.17) is 9.47 Å². The van der Waals surface area contributed by atoms with Gasteiger partial charge in [-0.05, 0) is 28.7 Å². The fourth-order valence-electron chi connectivity index (χ4n) is 4.51. The van der Waals surface area contributed by atoms with Gasteiger partial charge in [0.25, 0.3) is 5.91 Å². The summed E-state index contributed by atoms with van der Waals surface area (Å²) in [5.41, 5.74) is 3.06. The second-order valence-electron chi connectivity index (χ2n) is 8.74. The molecule has 0 aliphatic heterocycles. The van der Waals surface area contributed by atoms with Crippen LogP contribution in [0.25, 0.3) is 11.1 Å². The van der Waals surface area contributed by atoms with Crippen molar-refractivity contribution < 1.29 is 29.0 Å². The zero-order valence-corrected chi connectivity index (χ0v) is 20.0. The van der Waals surface area contributed by atoms with E-state index in [-0.39, 0.29) is 32.1 Å². The van der Waals surface area contributed by atoms with Crippen LogP contribution in [0.1, 0.15) is 37.3 Å². The molecule has 2 aromatic carbocycles. The van der Waals surface area contributed by atoms with Crippen molar-refractivity contribution in [3.8, 4) is 11.1 Å². The van der Waals surface area contributed by atoms with E-state index >= 15 is 0 Å². The van der Waals surface area contributed by atoms with Crippen LogP contribution in [0.5, 0.6) is 0 Å². The minimum atomic E-state index is -1.37. The molecule has 0 fully saturated rings. The number of alkyl carbamates (subject to hydrolysis) is 1. The number of ether oxygens (including phenoxy) is 2. The predicted molar refractivity (Wildman–Crippen MR) is 128 cm³/mol. The molecule has 3 rings (SSSR count). The summed E-state index contributed by atoms with van der Waals surface area (Å²) in [6.45, 7) is 3.33.